The van der Waals surface area contributed by atoms with E-state index < -0.39 is 0 Å². The van der Waals surface area contributed by atoms with Gasteiger partial charge in [-0.25, -0.2) is 0 Å². The van der Waals surface area contributed by atoms with Gasteiger partial charge < -0.3 is 4.98 Å². The Kier molecular flexibility index (Phi) is 5.75. The zero-order valence-electron chi connectivity index (χ0n) is 24.9. The van der Waals surface area contributed by atoms with Crippen molar-refractivity contribution >= 4 is 74.8 Å². The Morgan fingerprint density at radius 1 is 0.478 bits per heavy atom. The van der Waals surface area contributed by atoms with Crippen molar-refractivity contribution in [2.24, 2.45) is 0 Å². The van der Waals surface area contributed by atoms with E-state index in [-0.39, 0.29) is 0 Å². The Morgan fingerprint density at radius 2 is 1.09 bits per heavy atom. The number of para-hydroxylation sites is 1. The number of aromatic nitrogens is 1. The number of hydrogen-bond donors (Lipinski definition) is 1. The lowest BCUT2D eigenvalue weighted by Gasteiger charge is -2.07. The molecule has 9 aromatic rings. The van der Waals surface area contributed by atoms with Crippen LogP contribution in [-0.4, -0.2) is 4.98 Å². The highest BCUT2D eigenvalue weighted by atomic mass is 32.1. The second-order valence-corrected chi connectivity index (χ2v) is 14.4. The van der Waals surface area contributed by atoms with Crippen LogP contribution in [-0.2, 0) is 6.42 Å². The first kappa shape index (κ1) is 26.0. The van der Waals surface area contributed by atoms with E-state index in [1.165, 1.54) is 90.6 Å². The van der Waals surface area contributed by atoms with Gasteiger partial charge in [0.1, 0.15) is 0 Å². The fourth-order valence-electron chi connectivity index (χ4n) is 7.07. The van der Waals surface area contributed by atoms with Crippen LogP contribution in [0.3, 0.4) is 0 Å². The summed E-state index contributed by atoms with van der Waals surface area (Å²) in [5.74, 6) is 0. The molecule has 0 atom stereocenters. The van der Waals surface area contributed by atoms with Gasteiger partial charge in [0, 0.05) is 36.8 Å². The molecule has 1 aliphatic rings. The Balaban J connectivity index is 0.987. The summed E-state index contributed by atoms with van der Waals surface area (Å²) in [5.41, 5.74) is 14.1. The standard InChI is InChI=1S/C43H27NS2/c1-2-8-27-22-35(21-26(27)7-1)30-12-5-10-28(19-30)31-15-17-36-40(24-31)45-43-37-18-16-32(25-41(37)46-42(36)43)29-11-6-13-33(20-29)39-23-34-9-3-4-14-38(34)44-39/h1-21,23-25,44H,22H2. The van der Waals surface area contributed by atoms with E-state index in [2.05, 4.69) is 151 Å². The van der Waals surface area contributed by atoms with Crippen molar-refractivity contribution in [3.8, 4) is 33.5 Å². The first-order chi connectivity index (χ1) is 22.7. The van der Waals surface area contributed by atoms with Crippen LogP contribution in [0.1, 0.15) is 16.7 Å². The van der Waals surface area contributed by atoms with Gasteiger partial charge in [-0.05, 0) is 92.9 Å². The number of hydrogen-bond acceptors (Lipinski definition) is 2. The van der Waals surface area contributed by atoms with E-state index in [9.17, 15) is 0 Å². The molecule has 216 valence electrons. The molecule has 1 N–H and O–H groups in total. The zero-order chi connectivity index (χ0) is 30.2. The average Bonchev–Trinajstić information content (AvgIpc) is 3.89. The largest absolute Gasteiger partial charge is 0.355 e. The van der Waals surface area contributed by atoms with Crippen molar-refractivity contribution in [1.29, 1.82) is 0 Å². The SMILES string of the molecule is C1=C(c2cccc(-c3ccc4c(c3)sc3c5ccc(-c6cccc(-c7cc8ccccc8[nH]7)c6)cc5sc43)c2)Cc2ccccc21. The molecule has 0 bridgehead atoms. The van der Waals surface area contributed by atoms with Gasteiger partial charge in [0.15, 0.2) is 0 Å². The molecule has 3 aromatic heterocycles. The van der Waals surface area contributed by atoms with E-state index in [0.29, 0.717) is 0 Å². The molecular weight excluding hydrogens is 595 g/mol. The molecular formula is C43H27NS2. The number of fused-ring (bicyclic) bond motifs is 7. The van der Waals surface area contributed by atoms with Crippen LogP contribution in [0.4, 0.5) is 0 Å². The second kappa shape index (κ2) is 10.1. The number of aromatic amines is 1. The van der Waals surface area contributed by atoms with Crippen molar-refractivity contribution in [3.63, 3.8) is 0 Å². The van der Waals surface area contributed by atoms with Crippen LogP contribution in [0.2, 0.25) is 0 Å². The van der Waals surface area contributed by atoms with Crippen molar-refractivity contribution < 1.29 is 0 Å². The minimum atomic E-state index is 1.00. The van der Waals surface area contributed by atoms with Crippen molar-refractivity contribution in [2.45, 2.75) is 6.42 Å². The van der Waals surface area contributed by atoms with E-state index in [4.69, 9.17) is 0 Å². The Morgan fingerprint density at radius 3 is 1.80 bits per heavy atom. The van der Waals surface area contributed by atoms with Gasteiger partial charge in [-0.1, -0.05) is 109 Å². The van der Waals surface area contributed by atoms with Crippen LogP contribution in [0.5, 0.6) is 0 Å². The second-order valence-electron chi connectivity index (χ2n) is 12.3. The number of benzene rings is 6. The summed E-state index contributed by atoms with van der Waals surface area (Å²) in [6.45, 7) is 0. The van der Waals surface area contributed by atoms with Gasteiger partial charge in [-0.15, -0.1) is 22.7 Å². The smallest absolute Gasteiger partial charge is 0.0542 e. The summed E-state index contributed by atoms with van der Waals surface area (Å²) in [6.07, 6.45) is 3.35. The first-order valence-electron chi connectivity index (χ1n) is 15.7. The molecule has 1 nitrogen and oxygen atoms in total. The molecule has 0 fully saturated rings. The third-order valence-electron chi connectivity index (χ3n) is 9.45. The summed E-state index contributed by atoms with van der Waals surface area (Å²) >= 11 is 3.85. The fraction of sp³-hybridized carbons (Fsp3) is 0.0233. The fourth-order valence-corrected chi connectivity index (χ4v) is 9.81. The minimum absolute atomic E-state index is 1.00. The van der Waals surface area contributed by atoms with E-state index in [1.54, 1.807) is 0 Å². The highest BCUT2D eigenvalue weighted by Crippen LogP contribution is 2.46. The van der Waals surface area contributed by atoms with Gasteiger partial charge in [-0.2, -0.15) is 0 Å². The molecule has 3 heterocycles. The summed E-state index contributed by atoms with van der Waals surface area (Å²) in [6, 6.07) is 51.4. The Hall–Kier alpha value is -5.22. The van der Waals surface area contributed by atoms with Crippen LogP contribution < -0.4 is 0 Å². The van der Waals surface area contributed by atoms with Gasteiger partial charge in [-0.3, -0.25) is 0 Å². The van der Waals surface area contributed by atoms with Crippen molar-refractivity contribution in [3.05, 3.63) is 156 Å². The van der Waals surface area contributed by atoms with Crippen molar-refractivity contribution in [2.75, 3.05) is 0 Å². The van der Waals surface area contributed by atoms with Gasteiger partial charge in [0.05, 0.1) is 9.40 Å². The predicted octanol–water partition coefficient (Wildman–Crippen LogP) is 12.8. The van der Waals surface area contributed by atoms with E-state index in [1.807, 2.05) is 22.7 Å². The number of H-pyrrole nitrogens is 1. The predicted molar refractivity (Wildman–Crippen MR) is 201 cm³/mol. The molecule has 3 heteroatoms. The zero-order valence-corrected chi connectivity index (χ0v) is 26.5. The Bertz CT molecular complexity index is 2640. The molecule has 0 saturated heterocycles. The lowest BCUT2D eigenvalue weighted by atomic mass is 9.98. The van der Waals surface area contributed by atoms with Crippen LogP contribution >= 0.6 is 22.7 Å². The van der Waals surface area contributed by atoms with Crippen LogP contribution in [0, 0.1) is 0 Å². The topological polar surface area (TPSA) is 15.8 Å². The molecule has 0 spiro atoms. The number of thiophene rings is 2. The molecule has 0 unspecified atom stereocenters. The summed E-state index contributed by atoms with van der Waals surface area (Å²) in [5, 5.41) is 3.95. The third-order valence-corrected chi connectivity index (χ3v) is 12.0. The highest BCUT2D eigenvalue weighted by Gasteiger charge is 2.16. The average molecular weight is 622 g/mol. The third kappa shape index (κ3) is 4.20. The molecule has 0 amide bonds. The van der Waals surface area contributed by atoms with E-state index in [0.717, 1.165) is 12.1 Å². The monoisotopic (exact) mass is 621 g/mol. The number of rotatable bonds is 4. The molecule has 0 saturated carbocycles. The molecule has 6 aromatic carbocycles. The number of nitrogens with one attached hydrogen (secondary N) is 1. The van der Waals surface area contributed by atoms with Gasteiger partial charge in [0.2, 0.25) is 0 Å². The maximum Gasteiger partial charge on any atom is 0.0542 e. The lowest BCUT2D eigenvalue weighted by molar-refractivity contribution is 1.32. The normalized spacial score (nSPS) is 12.8. The maximum absolute atomic E-state index is 3.59. The molecule has 1 aliphatic carbocycles. The summed E-state index contributed by atoms with van der Waals surface area (Å²) in [7, 11) is 0. The Labute approximate surface area is 274 Å². The van der Waals surface area contributed by atoms with Crippen molar-refractivity contribution in [1.82, 2.24) is 4.98 Å². The van der Waals surface area contributed by atoms with Crippen LogP contribution in [0.15, 0.2) is 140 Å². The molecule has 0 aliphatic heterocycles. The van der Waals surface area contributed by atoms with Gasteiger partial charge in [0.25, 0.3) is 0 Å². The molecule has 0 radical (unpaired) electrons. The molecule has 46 heavy (non-hydrogen) atoms. The van der Waals surface area contributed by atoms with E-state index >= 15 is 0 Å². The quantitative estimate of drug-likeness (QED) is 0.201. The maximum atomic E-state index is 3.59. The first-order valence-corrected chi connectivity index (χ1v) is 17.3. The lowest BCUT2D eigenvalue weighted by Crippen LogP contribution is -1.87. The summed E-state index contributed by atoms with van der Waals surface area (Å²) in [4.78, 5) is 3.59. The molecule has 10 rings (SSSR count). The van der Waals surface area contributed by atoms with Gasteiger partial charge >= 0.3 is 0 Å². The van der Waals surface area contributed by atoms with Crippen LogP contribution in [0.25, 0.3) is 85.6 Å². The minimum Gasteiger partial charge on any atom is -0.355 e. The highest BCUT2D eigenvalue weighted by molar-refractivity contribution is 7.36. The summed E-state index contributed by atoms with van der Waals surface area (Å²) < 4.78 is 5.49. The number of allylic oxidation sites excluding steroid dienone is 1.